The Morgan fingerprint density at radius 2 is 2.28 bits per heavy atom. The monoisotopic (exact) mass is 350 g/mol. The Kier molecular flexibility index (Phi) is 6.87. The molecule has 2 rings (SSSR count). The molecule has 1 saturated heterocycles. The van der Waals surface area contributed by atoms with Crippen molar-refractivity contribution in [2.75, 3.05) is 13.1 Å². The molecule has 0 radical (unpaired) electrons. The summed E-state index contributed by atoms with van der Waals surface area (Å²) in [7, 11) is 0. The van der Waals surface area contributed by atoms with Crippen LogP contribution in [0.4, 0.5) is 4.79 Å². The van der Waals surface area contributed by atoms with Gasteiger partial charge in [0.15, 0.2) is 0 Å². The lowest BCUT2D eigenvalue weighted by atomic mass is 10.1. The fourth-order valence-electron chi connectivity index (χ4n) is 3.39. The number of aryl methyl sites for hydroxylation is 2. The van der Waals surface area contributed by atoms with Gasteiger partial charge in [0.1, 0.15) is 5.60 Å². The van der Waals surface area contributed by atoms with E-state index in [0.29, 0.717) is 6.04 Å². The zero-order chi connectivity index (χ0) is 18.4. The molecule has 1 amide bonds. The number of hydrogen-bond acceptors (Lipinski definition) is 4. The van der Waals surface area contributed by atoms with Gasteiger partial charge in [0.05, 0.1) is 6.20 Å². The van der Waals surface area contributed by atoms with Gasteiger partial charge < -0.3 is 15.0 Å². The lowest BCUT2D eigenvalue weighted by Gasteiger charge is -2.30. The molecule has 2 heterocycles. The minimum atomic E-state index is -0.431. The van der Waals surface area contributed by atoms with Gasteiger partial charge in [0.25, 0.3) is 0 Å². The van der Waals surface area contributed by atoms with Crippen LogP contribution in [-0.2, 0) is 11.2 Å². The predicted octanol–water partition coefficient (Wildman–Crippen LogP) is 3.42. The molecule has 6 heteroatoms. The van der Waals surface area contributed by atoms with Crippen molar-refractivity contribution in [3.05, 3.63) is 17.5 Å². The number of amides is 1. The minimum absolute atomic E-state index is 0.169. The van der Waals surface area contributed by atoms with Crippen LogP contribution in [0.25, 0.3) is 0 Å². The molecule has 1 aromatic heterocycles. The highest BCUT2D eigenvalue weighted by molar-refractivity contribution is 5.68. The average molecular weight is 351 g/mol. The molecule has 2 N–H and O–H groups in total. The lowest BCUT2D eigenvalue weighted by molar-refractivity contribution is 0.0214. The van der Waals surface area contributed by atoms with Gasteiger partial charge in [-0.3, -0.25) is 5.10 Å². The highest BCUT2D eigenvalue weighted by Gasteiger charge is 2.32. The van der Waals surface area contributed by atoms with E-state index >= 15 is 0 Å². The van der Waals surface area contributed by atoms with Crippen molar-refractivity contribution >= 4 is 6.09 Å². The first-order valence-corrected chi connectivity index (χ1v) is 9.48. The summed E-state index contributed by atoms with van der Waals surface area (Å²) in [6.45, 7) is 11.8. The van der Waals surface area contributed by atoms with E-state index in [0.717, 1.165) is 50.9 Å². The van der Waals surface area contributed by atoms with Gasteiger partial charge in [0.2, 0.25) is 0 Å². The van der Waals surface area contributed by atoms with Crippen molar-refractivity contribution in [2.24, 2.45) is 0 Å². The normalized spacial score (nSPS) is 19.2. The highest BCUT2D eigenvalue weighted by atomic mass is 16.6. The summed E-state index contributed by atoms with van der Waals surface area (Å²) in [4.78, 5) is 14.3. The van der Waals surface area contributed by atoms with Gasteiger partial charge in [0, 0.05) is 24.3 Å². The molecule has 142 valence electrons. The molecule has 0 bridgehead atoms. The Labute approximate surface area is 151 Å². The summed E-state index contributed by atoms with van der Waals surface area (Å²) in [5, 5.41) is 10.6. The first kappa shape index (κ1) is 19.8. The van der Waals surface area contributed by atoms with Crippen LogP contribution in [0.3, 0.4) is 0 Å². The Morgan fingerprint density at radius 1 is 1.52 bits per heavy atom. The maximum Gasteiger partial charge on any atom is 0.410 e. The lowest BCUT2D eigenvalue weighted by Crippen LogP contribution is -2.42. The number of carbonyl (C=O) groups is 1. The number of rotatable bonds is 7. The highest BCUT2D eigenvalue weighted by Crippen LogP contribution is 2.24. The molecule has 0 aliphatic carbocycles. The maximum atomic E-state index is 12.4. The van der Waals surface area contributed by atoms with Crippen molar-refractivity contribution in [2.45, 2.75) is 84.4 Å². The van der Waals surface area contributed by atoms with Crippen molar-refractivity contribution in [3.63, 3.8) is 0 Å². The topological polar surface area (TPSA) is 70.2 Å². The van der Waals surface area contributed by atoms with Crippen LogP contribution in [0, 0.1) is 6.92 Å². The molecule has 6 nitrogen and oxygen atoms in total. The largest absolute Gasteiger partial charge is 0.444 e. The third kappa shape index (κ3) is 6.34. The summed E-state index contributed by atoms with van der Waals surface area (Å²) in [5.74, 6) is 0. The summed E-state index contributed by atoms with van der Waals surface area (Å²) in [6.07, 6.45) is 6.98. The summed E-state index contributed by atoms with van der Waals surface area (Å²) < 4.78 is 5.54. The van der Waals surface area contributed by atoms with Crippen LogP contribution in [-0.4, -0.2) is 52.0 Å². The molecule has 1 aliphatic rings. The number of hydrogen-bond donors (Lipinski definition) is 2. The van der Waals surface area contributed by atoms with Crippen LogP contribution in [0.1, 0.15) is 64.6 Å². The fourth-order valence-corrected chi connectivity index (χ4v) is 3.39. The smallest absolute Gasteiger partial charge is 0.410 e. The molecule has 0 aromatic carbocycles. The third-order valence-electron chi connectivity index (χ3n) is 4.68. The van der Waals surface area contributed by atoms with E-state index in [2.05, 4.69) is 29.4 Å². The Bertz CT molecular complexity index is 550. The second-order valence-electron chi connectivity index (χ2n) is 8.18. The summed E-state index contributed by atoms with van der Waals surface area (Å²) in [6, 6.07) is 0.673. The molecule has 1 fully saturated rings. The zero-order valence-electron chi connectivity index (χ0n) is 16.4. The SMILES string of the molecule is Cc1[nH]ncc1CCCNC(C)CC1CCCN1C(=O)OC(C)(C)C. The zero-order valence-corrected chi connectivity index (χ0v) is 16.4. The second kappa shape index (κ2) is 8.70. The molecular weight excluding hydrogens is 316 g/mol. The number of carbonyl (C=O) groups excluding carboxylic acids is 1. The number of likely N-dealkylation sites (tertiary alicyclic amines) is 1. The van der Waals surface area contributed by atoms with E-state index in [1.165, 1.54) is 5.56 Å². The quantitative estimate of drug-likeness (QED) is 0.739. The predicted molar refractivity (Wildman–Crippen MR) is 99.7 cm³/mol. The first-order chi connectivity index (χ1) is 11.8. The minimum Gasteiger partial charge on any atom is -0.444 e. The standard InChI is InChI=1S/C19H34N4O2/c1-14(20-10-6-8-16-13-21-22-15(16)2)12-17-9-7-11-23(17)18(24)25-19(3,4)5/h13-14,17,20H,6-12H2,1-5H3,(H,21,22). The number of aromatic nitrogens is 2. The number of nitrogens with zero attached hydrogens (tertiary/aromatic N) is 2. The fraction of sp³-hybridized carbons (Fsp3) is 0.789. The van der Waals surface area contributed by atoms with Crippen LogP contribution < -0.4 is 5.32 Å². The molecule has 0 spiro atoms. The van der Waals surface area contributed by atoms with Crippen molar-refractivity contribution in [1.29, 1.82) is 0 Å². The van der Waals surface area contributed by atoms with E-state index < -0.39 is 5.60 Å². The van der Waals surface area contributed by atoms with Gasteiger partial charge in [-0.15, -0.1) is 0 Å². The van der Waals surface area contributed by atoms with Gasteiger partial charge in [-0.05, 0) is 78.8 Å². The van der Waals surface area contributed by atoms with E-state index in [9.17, 15) is 4.79 Å². The van der Waals surface area contributed by atoms with E-state index in [1.54, 1.807) is 0 Å². The number of ether oxygens (including phenoxy) is 1. The van der Waals surface area contributed by atoms with Crippen LogP contribution in [0.15, 0.2) is 6.20 Å². The number of aromatic amines is 1. The summed E-state index contributed by atoms with van der Waals surface area (Å²) in [5.41, 5.74) is 2.02. The van der Waals surface area contributed by atoms with Crippen molar-refractivity contribution < 1.29 is 9.53 Å². The van der Waals surface area contributed by atoms with Crippen LogP contribution in [0.2, 0.25) is 0 Å². The molecule has 1 aliphatic heterocycles. The number of nitrogens with one attached hydrogen (secondary N) is 2. The Morgan fingerprint density at radius 3 is 2.92 bits per heavy atom. The van der Waals surface area contributed by atoms with Gasteiger partial charge in [-0.25, -0.2) is 4.79 Å². The van der Waals surface area contributed by atoms with Crippen LogP contribution >= 0.6 is 0 Å². The third-order valence-corrected chi connectivity index (χ3v) is 4.68. The average Bonchev–Trinajstić information content (AvgIpc) is 3.11. The second-order valence-corrected chi connectivity index (χ2v) is 8.18. The Hall–Kier alpha value is -1.56. The van der Waals surface area contributed by atoms with E-state index in [4.69, 9.17) is 4.74 Å². The van der Waals surface area contributed by atoms with Gasteiger partial charge >= 0.3 is 6.09 Å². The maximum absolute atomic E-state index is 12.4. The van der Waals surface area contributed by atoms with Gasteiger partial charge in [-0.2, -0.15) is 5.10 Å². The van der Waals surface area contributed by atoms with Gasteiger partial charge in [-0.1, -0.05) is 0 Å². The molecule has 1 aromatic rings. The van der Waals surface area contributed by atoms with Crippen molar-refractivity contribution in [1.82, 2.24) is 20.4 Å². The van der Waals surface area contributed by atoms with Crippen molar-refractivity contribution in [3.8, 4) is 0 Å². The molecule has 2 unspecified atom stereocenters. The van der Waals surface area contributed by atoms with Crippen LogP contribution in [0.5, 0.6) is 0 Å². The Balaban J connectivity index is 1.70. The molecule has 25 heavy (non-hydrogen) atoms. The molecular formula is C19H34N4O2. The summed E-state index contributed by atoms with van der Waals surface area (Å²) >= 11 is 0. The first-order valence-electron chi connectivity index (χ1n) is 9.48. The molecule has 2 atom stereocenters. The van der Waals surface area contributed by atoms with E-state index in [1.807, 2.05) is 31.9 Å². The van der Waals surface area contributed by atoms with E-state index in [-0.39, 0.29) is 12.1 Å². The number of H-pyrrole nitrogens is 1. The molecule has 0 saturated carbocycles.